The number of likely N-dealkylation sites (tertiary alicyclic amines) is 1. The lowest BCUT2D eigenvalue weighted by Crippen LogP contribution is -2.47. The van der Waals surface area contributed by atoms with Crippen LogP contribution in [0.4, 0.5) is 4.79 Å². The van der Waals surface area contributed by atoms with Gasteiger partial charge in [0.1, 0.15) is 5.60 Å². The lowest BCUT2D eigenvalue weighted by atomic mass is 9.72. The van der Waals surface area contributed by atoms with Crippen LogP contribution in [0.3, 0.4) is 0 Å². The van der Waals surface area contributed by atoms with Gasteiger partial charge in [-0.25, -0.2) is 4.79 Å². The van der Waals surface area contributed by atoms with E-state index in [1.54, 1.807) is 0 Å². The van der Waals surface area contributed by atoms with Crippen LogP contribution in [0.1, 0.15) is 79.1 Å². The molecule has 0 radical (unpaired) electrons. The Morgan fingerprint density at radius 3 is 2.52 bits per heavy atom. The van der Waals surface area contributed by atoms with Crippen molar-refractivity contribution in [3.63, 3.8) is 0 Å². The third-order valence-electron chi connectivity index (χ3n) is 6.20. The van der Waals surface area contributed by atoms with E-state index in [1.165, 1.54) is 19.3 Å². The standard InChI is InChI=1S/C23H44N4O3.HI/c1-5-24-20(26-18-23(13-15-28)11-7-6-8-12-23)25-16-19-10-9-14-27(17-19)21(29)30-22(2,3)4;/h19,28H,5-18H2,1-4H3,(H2,24,25,26);1H. The third kappa shape index (κ3) is 10.1. The molecule has 1 aliphatic heterocycles. The first-order valence-corrected chi connectivity index (χ1v) is 11.9. The monoisotopic (exact) mass is 552 g/mol. The van der Waals surface area contributed by atoms with E-state index in [1.807, 2.05) is 25.7 Å². The number of carbonyl (C=O) groups excluding carboxylic acids is 1. The zero-order valence-electron chi connectivity index (χ0n) is 20.0. The van der Waals surface area contributed by atoms with Crippen molar-refractivity contribution in [2.24, 2.45) is 16.3 Å². The van der Waals surface area contributed by atoms with Gasteiger partial charge in [-0.15, -0.1) is 24.0 Å². The number of amides is 1. The maximum atomic E-state index is 12.4. The van der Waals surface area contributed by atoms with Crippen molar-refractivity contribution in [3.05, 3.63) is 0 Å². The Morgan fingerprint density at radius 2 is 1.90 bits per heavy atom. The molecule has 2 aliphatic rings. The van der Waals surface area contributed by atoms with Gasteiger partial charge in [-0.05, 0) is 71.1 Å². The summed E-state index contributed by atoms with van der Waals surface area (Å²) in [5.41, 5.74) is -0.315. The van der Waals surface area contributed by atoms with Crippen LogP contribution in [0.5, 0.6) is 0 Å². The molecule has 1 saturated carbocycles. The van der Waals surface area contributed by atoms with Gasteiger partial charge < -0.3 is 25.4 Å². The molecule has 3 N–H and O–H groups in total. The van der Waals surface area contributed by atoms with Gasteiger partial charge in [0.25, 0.3) is 0 Å². The van der Waals surface area contributed by atoms with Crippen LogP contribution < -0.4 is 10.6 Å². The SMILES string of the molecule is CCNC(=NCC1(CCO)CCCCC1)NCC1CCCN(C(=O)OC(C)(C)C)C1.I. The molecule has 1 saturated heterocycles. The van der Waals surface area contributed by atoms with Gasteiger partial charge in [-0.1, -0.05) is 19.3 Å². The quantitative estimate of drug-likeness (QED) is 0.251. The van der Waals surface area contributed by atoms with E-state index in [2.05, 4.69) is 17.6 Å². The molecular formula is C23H45IN4O3. The number of nitrogens with zero attached hydrogens (tertiary/aromatic N) is 2. The molecule has 2 fully saturated rings. The first-order valence-electron chi connectivity index (χ1n) is 11.9. The van der Waals surface area contributed by atoms with Crippen molar-refractivity contribution in [2.75, 3.05) is 39.3 Å². The molecule has 0 aromatic rings. The zero-order chi connectivity index (χ0) is 22.0. The highest BCUT2D eigenvalue weighted by Crippen LogP contribution is 2.39. The summed E-state index contributed by atoms with van der Waals surface area (Å²) >= 11 is 0. The van der Waals surface area contributed by atoms with Crippen LogP contribution in [0.25, 0.3) is 0 Å². The fourth-order valence-corrected chi connectivity index (χ4v) is 4.58. The molecule has 1 heterocycles. The Hall–Kier alpha value is -0.770. The maximum absolute atomic E-state index is 12.4. The number of hydrogen-bond donors (Lipinski definition) is 3. The molecule has 1 unspecified atom stereocenters. The van der Waals surface area contributed by atoms with Gasteiger partial charge in [-0.2, -0.15) is 0 Å². The van der Waals surface area contributed by atoms with E-state index in [9.17, 15) is 9.90 Å². The molecule has 31 heavy (non-hydrogen) atoms. The predicted molar refractivity (Wildman–Crippen MR) is 137 cm³/mol. The van der Waals surface area contributed by atoms with Crippen LogP contribution >= 0.6 is 24.0 Å². The van der Waals surface area contributed by atoms with Gasteiger partial charge in [0.05, 0.1) is 0 Å². The molecule has 0 bridgehead atoms. The van der Waals surface area contributed by atoms with Gasteiger partial charge >= 0.3 is 6.09 Å². The molecule has 1 amide bonds. The number of halogens is 1. The Balaban J connectivity index is 0.00000480. The highest BCUT2D eigenvalue weighted by atomic mass is 127. The molecule has 8 heteroatoms. The molecule has 7 nitrogen and oxygen atoms in total. The highest BCUT2D eigenvalue weighted by Gasteiger charge is 2.31. The second-order valence-electron chi connectivity index (χ2n) is 10.0. The number of carbonyl (C=O) groups is 1. The molecule has 182 valence electrons. The normalized spacial score (nSPS) is 21.8. The second-order valence-corrected chi connectivity index (χ2v) is 10.0. The summed E-state index contributed by atoms with van der Waals surface area (Å²) in [4.78, 5) is 19.1. The van der Waals surface area contributed by atoms with Crippen molar-refractivity contribution in [3.8, 4) is 0 Å². The summed E-state index contributed by atoms with van der Waals surface area (Å²) in [5.74, 6) is 1.23. The van der Waals surface area contributed by atoms with E-state index < -0.39 is 5.60 Å². The van der Waals surface area contributed by atoms with Crippen molar-refractivity contribution in [2.45, 2.75) is 84.7 Å². The smallest absolute Gasteiger partial charge is 0.410 e. The van der Waals surface area contributed by atoms with Crippen molar-refractivity contribution in [1.82, 2.24) is 15.5 Å². The number of aliphatic hydroxyl groups is 1. The second kappa shape index (κ2) is 13.7. The first-order chi connectivity index (χ1) is 14.3. The largest absolute Gasteiger partial charge is 0.444 e. The number of aliphatic imine (C=N–C) groups is 1. The number of hydrogen-bond acceptors (Lipinski definition) is 4. The average molecular weight is 553 g/mol. The van der Waals surface area contributed by atoms with Crippen molar-refractivity contribution in [1.29, 1.82) is 0 Å². The zero-order valence-corrected chi connectivity index (χ0v) is 22.4. The topological polar surface area (TPSA) is 86.2 Å². The number of piperidine rings is 1. The summed E-state index contributed by atoms with van der Waals surface area (Å²) in [6.07, 6.45) is 8.81. The third-order valence-corrected chi connectivity index (χ3v) is 6.20. The highest BCUT2D eigenvalue weighted by molar-refractivity contribution is 14.0. The fraction of sp³-hybridized carbons (Fsp3) is 0.913. The van der Waals surface area contributed by atoms with Crippen molar-refractivity contribution < 1.29 is 14.6 Å². The molecule has 1 aliphatic carbocycles. The number of rotatable bonds is 7. The van der Waals surface area contributed by atoms with Gasteiger partial charge in [-0.3, -0.25) is 4.99 Å². The van der Waals surface area contributed by atoms with Gasteiger partial charge in [0, 0.05) is 39.3 Å². The Bertz CT molecular complexity index is 554. The van der Waals surface area contributed by atoms with Gasteiger partial charge in [0.2, 0.25) is 0 Å². The lowest BCUT2D eigenvalue weighted by Gasteiger charge is -2.36. The van der Waals surface area contributed by atoms with Crippen molar-refractivity contribution >= 4 is 36.0 Å². The molecule has 0 aromatic heterocycles. The number of guanidine groups is 1. The number of nitrogens with one attached hydrogen (secondary N) is 2. The maximum Gasteiger partial charge on any atom is 0.410 e. The molecule has 2 rings (SSSR count). The Labute approximate surface area is 206 Å². The summed E-state index contributed by atoms with van der Waals surface area (Å²) in [5, 5.41) is 16.4. The molecule has 1 atom stereocenters. The van der Waals surface area contributed by atoms with E-state index in [0.29, 0.717) is 5.92 Å². The predicted octanol–water partition coefficient (Wildman–Crippen LogP) is 4.14. The van der Waals surface area contributed by atoms with Gasteiger partial charge in [0.15, 0.2) is 5.96 Å². The van der Waals surface area contributed by atoms with E-state index in [-0.39, 0.29) is 42.1 Å². The molecular weight excluding hydrogens is 507 g/mol. The summed E-state index contributed by atoms with van der Waals surface area (Å²) in [6, 6.07) is 0. The van der Waals surface area contributed by atoms with E-state index in [0.717, 1.165) is 70.8 Å². The Kier molecular flexibility index (Phi) is 12.5. The summed E-state index contributed by atoms with van der Waals surface area (Å²) in [6.45, 7) is 11.9. The minimum absolute atomic E-state index is 0. The number of ether oxygens (including phenoxy) is 1. The van der Waals surface area contributed by atoms with Crippen LogP contribution in [0.2, 0.25) is 0 Å². The minimum atomic E-state index is -0.462. The average Bonchev–Trinajstić information content (AvgIpc) is 2.70. The number of aliphatic hydroxyl groups excluding tert-OH is 1. The lowest BCUT2D eigenvalue weighted by molar-refractivity contribution is 0.0168. The van der Waals surface area contributed by atoms with Crippen LogP contribution in [0, 0.1) is 11.3 Å². The molecule has 0 aromatic carbocycles. The fourth-order valence-electron chi connectivity index (χ4n) is 4.58. The van der Waals surface area contributed by atoms with E-state index >= 15 is 0 Å². The summed E-state index contributed by atoms with van der Waals surface area (Å²) in [7, 11) is 0. The molecule has 0 spiro atoms. The van der Waals surface area contributed by atoms with Crippen LogP contribution in [0.15, 0.2) is 4.99 Å². The van der Waals surface area contributed by atoms with Crippen LogP contribution in [-0.4, -0.2) is 67.0 Å². The first kappa shape index (κ1) is 28.3. The summed E-state index contributed by atoms with van der Waals surface area (Å²) < 4.78 is 5.54. The Morgan fingerprint density at radius 1 is 1.19 bits per heavy atom. The van der Waals surface area contributed by atoms with E-state index in [4.69, 9.17) is 9.73 Å². The minimum Gasteiger partial charge on any atom is -0.444 e. The van der Waals surface area contributed by atoms with Crippen LogP contribution in [-0.2, 0) is 4.74 Å².